The van der Waals surface area contributed by atoms with Crippen LogP contribution in [0.3, 0.4) is 0 Å². The van der Waals surface area contributed by atoms with Crippen LogP contribution in [0.15, 0.2) is 47.4 Å². The van der Waals surface area contributed by atoms with Crippen LogP contribution < -0.4 is 5.73 Å². The minimum atomic E-state index is -0.565. The molecule has 2 N–H and O–H groups in total. The summed E-state index contributed by atoms with van der Waals surface area (Å²) < 4.78 is 26.2. The highest BCUT2D eigenvalue weighted by Gasteiger charge is 2.09. The third-order valence-electron chi connectivity index (χ3n) is 2.82. The van der Waals surface area contributed by atoms with Crippen molar-refractivity contribution in [2.45, 2.75) is 17.9 Å². The Hall–Kier alpha value is -1.39. The average molecular weight is 279 g/mol. The Morgan fingerprint density at radius 1 is 1.11 bits per heavy atom. The largest absolute Gasteiger partial charge is 0.323 e. The molecule has 2 aromatic carbocycles. The zero-order chi connectivity index (χ0) is 13.8. The van der Waals surface area contributed by atoms with Crippen molar-refractivity contribution < 1.29 is 8.78 Å². The molecule has 0 saturated carbocycles. The van der Waals surface area contributed by atoms with Crippen molar-refractivity contribution in [3.05, 3.63) is 65.2 Å². The van der Waals surface area contributed by atoms with E-state index in [1.807, 2.05) is 31.2 Å². The first kappa shape index (κ1) is 14.0. The predicted octanol–water partition coefficient (Wildman–Crippen LogP) is 4.07. The van der Waals surface area contributed by atoms with E-state index in [-0.39, 0.29) is 6.04 Å². The zero-order valence-electron chi connectivity index (χ0n) is 10.6. The van der Waals surface area contributed by atoms with Crippen molar-refractivity contribution in [2.24, 2.45) is 5.73 Å². The maximum absolute atomic E-state index is 13.5. The number of thioether (sulfide) groups is 1. The molecule has 1 atom stereocenters. The van der Waals surface area contributed by atoms with E-state index in [0.29, 0.717) is 10.6 Å². The highest BCUT2D eigenvalue weighted by molar-refractivity contribution is 7.99. The van der Waals surface area contributed by atoms with E-state index in [1.54, 1.807) is 0 Å². The Balaban J connectivity index is 2.00. The molecule has 0 amide bonds. The van der Waals surface area contributed by atoms with E-state index in [2.05, 4.69) is 0 Å². The molecule has 0 fully saturated rings. The summed E-state index contributed by atoms with van der Waals surface area (Å²) in [5.41, 5.74) is 8.24. The van der Waals surface area contributed by atoms with Crippen LogP contribution in [-0.2, 0) is 0 Å². The fourth-order valence-corrected chi connectivity index (χ4v) is 2.59. The molecule has 0 heterocycles. The lowest BCUT2D eigenvalue weighted by molar-refractivity contribution is 0.565. The summed E-state index contributed by atoms with van der Waals surface area (Å²) in [5, 5.41) is 0. The lowest BCUT2D eigenvalue weighted by Crippen LogP contribution is -2.12. The summed E-state index contributed by atoms with van der Waals surface area (Å²) in [6, 6.07) is 11.4. The fourth-order valence-electron chi connectivity index (χ4n) is 1.68. The van der Waals surface area contributed by atoms with Crippen LogP contribution in [0.25, 0.3) is 0 Å². The number of rotatable bonds is 4. The molecule has 0 aliphatic rings. The van der Waals surface area contributed by atoms with Gasteiger partial charge in [-0.25, -0.2) is 8.78 Å². The van der Waals surface area contributed by atoms with E-state index in [1.165, 1.54) is 29.5 Å². The molecule has 0 aliphatic heterocycles. The van der Waals surface area contributed by atoms with E-state index < -0.39 is 11.6 Å². The molecule has 0 saturated heterocycles. The van der Waals surface area contributed by atoms with Crippen LogP contribution in [0.5, 0.6) is 0 Å². The summed E-state index contributed by atoms with van der Waals surface area (Å²) in [6.45, 7) is 2.01. The van der Waals surface area contributed by atoms with Crippen molar-refractivity contribution in [1.29, 1.82) is 0 Å². The van der Waals surface area contributed by atoms with E-state index in [4.69, 9.17) is 5.73 Å². The van der Waals surface area contributed by atoms with Crippen molar-refractivity contribution >= 4 is 11.8 Å². The number of hydrogen-bond acceptors (Lipinski definition) is 2. The van der Waals surface area contributed by atoms with E-state index in [0.717, 1.165) is 11.6 Å². The van der Waals surface area contributed by atoms with Crippen LogP contribution in [0.2, 0.25) is 0 Å². The number of aryl methyl sites for hydroxylation is 1. The van der Waals surface area contributed by atoms with Gasteiger partial charge in [-0.15, -0.1) is 11.8 Å². The molecule has 2 aromatic rings. The zero-order valence-corrected chi connectivity index (χ0v) is 11.4. The van der Waals surface area contributed by atoms with Gasteiger partial charge in [0.2, 0.25) is 0 Å². The van der Waals surface area contributed by atoms with Gasteiger partial charge in [0.15, 0.2) is 0 Å². The van der Waals surface area contributed by atoms with Crippen LogP contribution in [0, 0.1) is 18.6 Å². The summed E-state index contributed by atoms with van der Waals surface area (Å²) >= 11 is 1.30. The molecule has 0 radical (unpaired) electrons. The second kappa shape index (κ2) is 6.17. The summed E-state index contributed by atoms with van der Waals surface area (Å²) in [6.07, 6.45) is 0. The van der Waals surface area contributed by atoms with Crippen LogP contribution in [0.1, 0.15) is 17.2 Å². The van der Waals surface area contributed by atoms with Gasteiger partial charge in [0, 0.05) is 22.8 Å². The van der Waals surface area contributed by atoms with Crippen molar-refractivity contribution in [1.82, 2.24) is 0 Å². The quantitative estimate of drug-likeness (QED) is 0.854. The van der Waals surface area contributed by atoms with Crippen LogP contribution >= 0.6 is 11.8 Å². The van der Waals surface area contributed by atoms with Crippen molar-refractivity contribution in [3.8, 4) is 0 Å². The van der Waals surface area contributed by atoms with Crippen molar-refractivity contribution in [3.63, 3.8) is 0 Å². The number of halogens is 2. The molecule has 0 bridgehead atoms. The van der Waals surface area contributed by atoms with Gasteiger partial charge in [-0.2, -0.15) is 0 Å². The molecule has 0 aliphatic carbocycles. The number of benzene rings is 2. The van der Waals surface area contributed by atoms with Crippen molar-refractivity contribution in [2.75, 3.05) is 5.75 Å². The van der Waals surface area contributed by atoms with Gasteiger partial charge in [-0.3, -0.25) is 0 Å². The first-order valence-corrected chi connectivity index (χ1v) is 6.95. The molecule has 1 unspecified atom stereocenters. The normalized spacial score (nSPS) is 12.4. The average Bonchev–Trinajstić information content (AvgIpc) is 2.38. The summed E-state index contributed by atoms with van der Waals surface area (Å²) in [5.74, 6) is -0.559. The van der Waals surface area contributed by atoms with E-state index >= 15 is 0 Å². The maximum Gasteiger partial charge on any atom is 0.139 e. The van der Waals surface area contributed by atoms with Crippen LogP contribution in [0.4, 0.5) is 8.78 Å². The number of nitrogens with two attached hydrogens (primary N) is 1. The Morgan fingerprint density at radius 3 is 2.42 bits per heavy atom. The van der Waals surface area contributed by atoms with E-state index in [9.17, 15) is 8.78 Å². The lowest BCUT2D eigenvalue weighted by atomic mass is 10.1. The monoisotopic (exact) mass is 279 g/mol. The Bertz CT molecular complexity index is 555. The van der Waals surface area contributed by atoms with Gasteiger partial charge >= 0.3 is 0 Å². The lowest BCUT2D eigenvalue weighted by Gasteiger charge is -2.12. The minimum absolute atomic E-state index is 0.171. The fraction of sp³-hybridized carbons (Fsp3) is 0.200. The van der Waals surface area contributed by atoms with Gasteiger partial charge in [-0.05, 0) is 24.6 Å². The minimum Gasteiger partial charge on any atom is -0.323 e. The second-order valence-corrected chi connectivity index (χ2v) is 5.46. The first-order chi connectivity index (χ1) is 9.06. The summed E-state index contributed by atoms with van der Waals surface area (Å²) in [4.78, 5) is 0.420. The Morgan fingerprint density at radius 2 is 1.79 bits per heavy atom. The second-order valence-electron chi connectivity index (χ2n) is 4.40. The Labute approximate surface area is 115 Å². The molecular weight excluding hydrogens is 264 g/mol. The third-order valence-corrected chi connectivity index (χ3v) is 3.99. The molecule has 0 spiro atoms. The molecule has 100 valence electrons. The van der Waals surface area contributed by atoms with Gasteiger partial charge in [-0.1, -0.05) is 29.8 Å². The maximum atomic E-state index is 13.5. The highest BCUT2D eigenvalue weighted by atomic mass is 32.2. The molecule has 19 heavy (non-hydrogen) atoms. The summed E-state index contributed by atoms with van der Waals surface area (Å²) in [7, 11) is 0. The van der Waals surface area contributed by atoms with Gasteiger partial charge in [0.25, 0.3) is 0 Å². The SMILES string of the molecule is Cc1ccc(C(N)CSc2ccc(F)cc2F)cc1. The standard InChI is InChI=1S/C15H15F2NS/c1-10-2-4-11(5-3-10)14(18)9-19-15-7-6-12(16)8-13(15)17/h2-8,14H,9,18H2,1H3. The van der Waals surface area contributed by atoms with Gasteiger partial charge in [0.1, 0.15) is 11.6 Å². The predicted molar refractivity (Wildman–Crippen MR) is 75.2 cm³/mol. The molecule has 4 heteroatoms. The molecular formula is C15H15F2NS. The highest BCUT2D eigenvalue weighted by Crippen LogP contribution is 2.26. The molecule has 2 rings (SSSR count). The molecule has 0 aromatic heterocycles. The van der Waals surface area contributed by atoms with Gasteiger partial charge in [0.05, 0.1) is 0 Å². The topological polar surface area (TPSA) is 26.0 Å². The third kappa shape index (κ3) is 3.78. The number of hydrogen-bond donors (Lipinski definition) is 1. The Kier molecular flexibility index (Phi) is 4.56. The van der Waals surface area contributed by atoms with Crippen LogP contribution in [-0.4, -0.2) is 5.75 Å². The van der Waals surface area contributed by atoms with Gasteiger partial charge < -0.3 is 5.73 Å². The molecule has 1 nitrogen and oxygen atoms in total. The first-order valence-electron chi connectivity index (χ1n) is 5.96. The smallest absolute Gasteiger partial charge is 0.139 e.